The molecular formula is C14H19N3O2S. The van der Waals surface area contributed by atoms with E-state index < -0.39 is 0 Å². The molecule has 20 heavy (non-hydrogen) atoms. The number of para-hydroxylation sites is 1. The Hall–Kier alpha value is -1.53. The third kappa shape index (κ3) is 4.25. The number of thioether (sulfide) groups is 1. The quantitative estimate of drug-likeness (QED) is 0.715. The third-order valence-corrected chi connectivity index (χ3v) is 4.24. The summed E-state index contributed by atoms with van der Waals surface area (Å²) in [6, 6.07) is 7.32. The summed E-state index contributed by atoms with van der Waals surface area (Å²) < 4.78 is 0. The van der Waals surface area contributed by atoms with Crippen LogP contribution in [0.5, 0.6) is 0 Å². The van der Waals surface area contributed by atoms with E-state index in [1.165, 1.54) is 11.8 Å². The molecule has 0 radical (unpaired) electrons. The monoisotopic (exact) mass is 293 g/mol. The molecule has 1 fully saturated rings. The van der Waals surface area contributed by atoms with Crippen molar-refractivity contribution in [1.82, 2.24) is 5.32 Å². The highest BCUT2D eigenvalue weighted by atomic mass is 32.2. The maximum atomic E-state index is 12.2. The van der Waals surface area contributed by atoms with Crippen molar-refractivity contribution in [3.63, 3.8) is 0 Å². The predicted molar refractivity (Wildman–Crippen MR) is 80.6 cm³/mol. The van der Waals surface area contributed by atoms with Crippen LogP contribution in [0, 0.1) is 0 Å². The molecule has 1 aliphatic rings. The smallest absolute Gasteiger partial charge is 0.241 e. The second-order valence-electron chi connectivity index (χ2n) is 4.74. The van der Waals surface area contributed by atoms with Crippen LogP contribution in [-0.2, 0) is 9.59 Å². The number of hydrogen-bond acceptors (Lipinski definition) is 4. The van der Waals surface area contributed by atoms with E-state index in [4.69, 9.17) is 5.73 Å². The number of carbonyl (C=O) groups is 2. The maximum Gasteiger partial charge on any atom is 0.241 e. The van der Waals surface area contributed by atoms with Gasteiger partial charge >= 0.3 is 0 Å². The van der Waals surface area contributed by atoms with Gasteiger partial charge in [-0.25, -0.2) is 0 Å². The summed E-state index contributed by atoms with van der Waals surface area (Å²) in [6.07, 6.45) is 3.06. The van der Waals surface area contributed by atoms with E-state index in [1.54, 1.807) is 0 Å². The van der Waals surface area contributed by atoms with Gasteiger partial charge in [-0.3, -0.25) is 9.59 Å². The standard InChI is InChI=1S/C14H19N3O2S/c15-13(18)9-20-12-7-2-1-5-10(12)17-14(19)11-6-3-4-8-16-11/h1-2,5,7,11,16H,3-4,6,8-9H2,(H2,15,18)(H,17,19)/t11-/m1/s1. The summed E-state index contributed by atoms with van der Waals surface area (Å²) in [4.78, 5) is 23.9. The molecule has 1 aromatic rings. The lowest BCUT2D eigenvalue weighted by atomic mass is 10.0. The molecule has 4 N–H and O–H groups in total. The first-order valence-electron chi connectivity index (χ1n) is 6.71. The Morgan fingerprint density at radius 3 is 2.85 bits per heavy atom. The molecule has 0 aromatic heterocycles. The van der Waals surface area contributed by atoms with Crippen LogP contribution in [0.4, 0.5) is 5.69 Å². The van der Waals surface area contributed by atoms with Crippen LogP contribution < -0.4 is 16.4 Å². The topological polar surface area (TPSA) is 84.2 Å². The molecule has 1 atom stereocenters. The molecular weight excluding hydrogens is 274 g/mol. The van der Waals surface area contributed by atoms with E-state index in [0.717, 1.165) is 36.4 Å². The Balaban J connectivity index is 2.00. The predicted octanol–water partition coefficient (Wildman–Crippen LogP) is 1.34. The highest BCUT2D eigenvalue weighted by molar-refractivity contribution is 8.00. The number of carbonyl (C=O) groups excluding carboxylic acids is 2. The zero-order valence-electron chi connectivity index (χ0n) is 11.2. The summed E-state index contributed by atoms with van der Waals surface area (Å²) in [6.45, 7) is 0.885. The first-order valence-corrected chi connectivity index (χ1v) is 7.70. The number of hydrogen-bond donors (Lipinski definition) is 3. The van der Waals surface area contributed by atoms with Crippen molar-refractivity contribution in [3.8, 4) is 0 Å². The first kappa shape index (κ1) is 14.9. The minimum absolute atomic E-state index is 0.0168. The van der Waals surface area contributed by atoms with E-state index in [9.17, 15) is 9.59 Å². The normalized spacial score (nSPS) is 18.5. The third-order valence-electron chi connectivity index (χ3n) is 3.14. The Morgan fingerprint density at radius 1 is 1.35 bits per heavy atom. The average molecular weight is 293 g/mol. The molecule has 108 valence electrons. The van der Waals surface area contributed by atoms with Crippen LogP contribution in [0.15, 0.2) is 29.2 Å². The average Bonchev–Trinajstić information content (AvgIpc) is 2.47. The lowest BCUT2D eigenvalue weighted by Crippen LogP contribution is -2.43. The molecule has 2 rings (SSSR count). The van der Waals surface area contributed by atoms with Crippen molar-refractivity contribution in [2.45, 2.75) is 30.2 Å². The van der Waals surface area contributed by atoms with Gasteiger partial charge in [0.1, 0.15) is 0 Å². The van der Waals surface area contributed by atoms with Crippen molar-refractivity contribution in [2.75, 3.05) is 17.6 Å². The Morgan fingerprint density at radius 2 is 2.15 bits per heavy atom. The van der Waals surface area contributed by atoms with Crippen LogP contribution in [0.2, 0.25) is 0 Å². The summed E-state index contributed by atoms with van der Waals surface area (Å²) in [7, 11) is 0. The second-order valence-corrected chi connectivity index (χ2v) is 5.76. The van der Waals surface area contributed by atoms with Crippen molar-refractivity contribution in [3.05, 3.63) is 24.3 Å². The van der Waals surface area contributed by atoms with Gasteiger partial charge in [0.15, 0.2) is 0 Å². The first-order chi connectivity index (χ1) is 9.66. The number of nitrogens with two attached hydrogens (primary N) is 1. The molecule has 0 bridgehead atoms. The lowest BCUT2D eigenvalue weighted by molar-refractivity contribution is -0.118. The minimum Gasteiger partial charge on any atom is -0.369 e. The second kappa shape index (κ2) is 7.31. The highest BCUT2D eigenvalue weighted by Crippen LogP contribution is 2.27. The fraction of sp³-hybridized carbons (Fsp3) is 0.429. The van der Waals surface area contributed by atoms with Gasteiger partial charge in [0.05, 0.1) is 17.5 Å². The van der Waals surface area contributed by atoms with Crippen molar-refractivity contribution >= 4 is 29.3 Å². The van der Waals surface area contributed by atoms with Crippen molar-refractivity contribution < 1.29 is 9.59 Å². The molecule has 0 unspecified atom stereocenters. The molecule has 1 aromatic carbocycles. The SMILES string of the molecule is NC(=O)CSc1ccccc1NC(=O)[C@H]1CCCCN1. The summed E-state index contributed by atoms with van der Waals surface area (Å²) in [5.74, 6) is -0.184. The molecule has 1 aliphatic heterocycles. The number of anilines is 1. The van der Waals surface area contributed by atoms with Gasteiger partial charge in [-0.1, -0.05) is 18.6 Å². The van der Waals surface area contributed by atoms with Gasteiger partial charge in [-0.15, -0.1) is 11.8 Å². The van der Waals surface area contributed by atoms with Crippen molar-refractivity contribution in [2.24, 2.45) is 5.73 Å². The maximum absolute atomic E-state index is 12.2. The molecule has 1 heterocycles. The van der Waals surface area contributed by atoms with Gasteiger partial charge < -0.3 is 16.4 Å². The van der Waals surface area contributed by atoms with Gasteiger partial charge in [-0.05, 0) is 31.5 Å². The van der Waals surface area contributed by atoms with E-state index in [2.05, 4.69) is 10.6 Å². The molecule has 0 aliphatic carbocycles. The van der Waals surface area contributed by atoms with E-state index in [0.29, 0.717) is 0 Å². The van der Waals surface area contributed by atoms with E-state index in [1.807, 2.05) is 24.3 Å². The number of amides is 2. The van der Waals surface area contributed by atoms with E-state index >= 15 is 0 Å². The molecule has 1 saturated heterocycles. The van der Waals surface area contributed by atoms with Crippen LogP contribution in [0.25, 0.3) is 0 Å². The zero-order chi connectivity index (χ0) is 14.4. The van der Waals surface area contributed by atoms with Crippen LogP contribution >= 0.6 is 11.8 Å². The van der Waals surface area contributed by atoms with Crippen LogP contribution in [0.3, 0.4) is 0 Å². The van der Waals surface area contributed by atoms with E-state index in [-0.39, 0.29) is 23.6 Å². The lowest BCUT2D eigenvalue weighted by Gasteiger charge is -2.23. The van der Waals surface area contributed by atoms with Crippen LogP contribution in [0.1, 0.15) is 19.3 Å². The Kier molecular flexibility index (Phi) is 5.43. The molecule has 0 spiro atoms. The number of rotatable bonds is 5. The number of benzene rings is 1. The van der Waals surface area contributed by atoms with Gasteiger partial charge in [0.2, 0.25) is 11.8 Å². The molecule has 5 nitrogen and oxygen atoms in total. The number of primary amides is 1. The van der Waals surface area contributed by atoms with Gasteiger partial charge in [0, 0.05) is 4.90 Å². The van der Waals surface area contributed by atoms with Gasteiger partial charge in [-0.2, -0.15) is 0 Å². The fourth-order valence-electron chi connectivity index (χ4n) is 2.14. The fourth-order valence-corrected chi connectivity index (χ4v) is 2.89. The molecule has 6 heteroatoms. The minimum atomic E-state index is -0.370. The van der Waals surface area contributed by atoms with Crippen LogP contribution in [-0.4, -0.2) is 30.2 Å². The number of piperidine rings is 1. The van der Waals surface area contributed by atoms with Crippen molar-refractivity contribution in [1.29, 1.82) is 0 Å². The molecule has 0 saturated carbocycles. The zero-order valence-corrected chi connectivity index (χ0v) is 12.0. The Bertz CT molecular complexity index is 487. The molecule has 2 amide bonds. The summed E-state index contributed by atoms with van der Waals surface area (Å²) >= 11 is 1.33. The Labute approximate surface area is 122 Å². The summed E-state index contributed by atoms with van der Waals surface area (Å²) in [5.41, 5.74) is 5.88. The summed E-state index contributed by atoms with van der Waals surface area (Å²) in [5, 5.41) is 6.15. The highest BCUT2D eigenvalue weighted by Gasteiger charge is 2.21. The number of nitrogens with one attached hydrogen (secondary N) is 2. The largest absolute Gasteiger partial charge is 0.369 e. The van der Waals surface area contributed by atoms with Gasteiger partial charge in [0.25, 0.3) is 0 Å².